The summed E-state index contributed by atoms with van der Waals surface area (Å²) >= 11 is 0. The molecule has 0 aliphatic rings. The van der Waals surface area contributed by atoms with E-state index in [0.717, 1.165) is 13.0 Å². The Balaban J connectivity index is 5.06. The Morgan fingerprint density at radius 3 is 1.81 bits per heavy atom. The summed E-state index contributed by atoms with van der Waals surface area (Å²) < 4.78 is 13.3. The van der Waals surface area contributed by atoms with Gasteiger partial charge in [0.1, 0.15) is 0 Å². The Morgan fingerprint density at radius 1 is 0.963 bits per heavy atom. The fourth-order valence-corrected chi connectivity index (χ4v) is 7.76. The standard InChI is InChI=1S/C23H48O2Si2/c1-13-20(6)22(25-26(11,12)23(8,9)10)21(7)17-19(5)18-24-27(14-2,15-3)16-4/h1,19-22H,14-18H2,2-12H3/t19-,20-,21-,22-/m0/s1. The van der Waals surface area contributed by atoms with Crippen LogP contribution in [0, 0.1) is 30.1 Å². The molecular formula is C23H48O2Si2. The fraction of sp³-hybridized carbons (Fsp3) is 0.913. The van der Waals surface area contributed by atoms with E-state index < -0.39 is 16.6 Å². The maximum atomic E-state index is 6.79. The number of rotatable bonds is 12. The smallest absolute Gasteiger partial charge is 0.192 e. The molecule has 0 radical (unpaired) electrons. The third-order valence-corrected chi connectivity index (χ3v) is 16.1. The molecule has 160 valence electrons. The van der Waals surface area contributed by atoms with Gasteiger partial charge in [-0.15, -0.1) is 12.3 Å². The van der Waals surface area contributed by atoms with Gasteiger partial charge in [-0.1, -0.05) is 55.4 Å². The van der Waals surface area contributed by atoms with Crippen LogP contribution in [0.5, 0.6) is 0 Å². The van der Waals surface area contributed by atoms with Gasteiger partial charge < -0.3 is 8.85 Å². The van der Waals surface area contributed by atoms with E-state index in [2.05, 4.69) is 81.3 Å². The molecule has 0 rings (SSSR count). The van der Waals surface area contributed by atoms with Crippen molar-refractivity contribution in [3.8, 4) is 12.3 Å². The van der Waals surface area contributed by atoms with Crippen molar-refractivity contribution < 1.29 is 8.85 Å². The van der Waals surface area contributed by atoms with Crippen LogP contribution < -0.4 is 0 Å². The largest absolute Gasteiger partial charge is 0.417 e. The van der Waals surface area contributed by atoms with Crippen LogP contribution in [0.25, 0.3) is 0 Å². The Kier molecular flexibility index (Phi) is 11.2. The zero-order chi connectivity index (χ0) is 21.5. The van der Waals surface area contributed by atoms with Gasteiger partial charge in [-0.2, -0.15) is 0 Å². The lowest BCUT2D eigenvalue weighted by atomic mass is 9.87. The van der Waals surface area contributed by atoms with Crippen LogP contribution in [0.15, 0.2) is 0 Å². The minimum absolute atomic E-state index is 0.129. The van der Waals surface area contributed by atoms with Crippen molar-refractivity contribution in [2.24, 2.45) is 17.8 Å². The van der Waals surface area contributed by atoms with Gasteiger partial charge in [-0.3, -0.25) is 0 Å². The molecule has 0 saturated carbocycles. The van der Waals surface area contributed by atoms with E-state index in [1.54, 1.807) is 0 Å². The van der Waals surface area contributed by atoms with Gasteiger partial charge in [0.15, 0.2) is 16.6 Å². The van der Waals surface area contributed by atoms with Crippen molar-refractivity contribution in [2.45, 2.75) is 111 Å². The van der Waals surface area contributed by atoms with E-state index in [9.17, 15) is 0 Å². The highest BCUT2D eigenvalue weighted by atomic mass is 28.4. The van der Waals surface area contributed by atoms with Crippen LogP contribution in [0.4, 0.5) is 0 Å². The molecule has 0 heterocycles. The molecule has 0 spiro atoms. The van der Waals surface area contributed by atoms with Crippen molar-refractivity contribution in [1.29, 1.82) is 0 Å². The second-order valence-corrected chi connectivity index (χ2v) is 19.7. The predicted octanol–water partition coefficient (Wildman–Crippen LogP) is 7.33. The monoisotopic (exact) mass is 412 g/mol. The van der Waals surface area contributed by atoms with Crippen molar-refractivity contribution in [2.75, 3.05) is 6.61 Å². The van der Waals surface area contributed by atoms with Crippen LogP contribution in [-0.2, 0) is 8.85 Å². The second-order valence-electron chi connectivity index (χ2n) is 10.2. The van der Waals surface area contributed by atoms with Crippen molar-refractivity contribution in [3.05, 3.63) is 0 Å². The summed E-state index contributed by atoms with van der Waals surface area (Å²) in [6.45, 7) is 26.1. The first-order valence-corrected chi connectivity index (χ1v) is 16.5. The lowest BCUT2D eigenvalue weighted by molar-refractivity contribution is 0.0782. The number of terminal acetylenes is 1. The molecule has 4 atom stereocenters. The van der Waals surface area contributed by atoms with Crippen molar-refractivity contribution in [1.82, 2.24) is 0 Å². The third kappa shape index (κ3) is 8.05. The van der Waals surface area contributed by atoms with Gasteiger partial charge in [0.2, 0.25) is 0 Å². The van der Waals surface area contributed by atoms with Gasteiger partial charge >= 0.3 is 0 Å². The maximum absolute atomic E-state index is 6.79. The summed E-state index contributed by atoms with van der Waals surface area (Å²) in [4.78, 5) is 0. The van der Waals surface area contributed by atoms with E-state index in [-0.39, 0.29) is 17.1 Å². The molecule has 27 heavy (non-hydrogen) atoms. The molecule has 0 N–H and O–H groups in total. The lowest BCUT2D eigenvalue weighted by Gasteiger charge is -2.42. The van der Waals surface area contributed by atoms with Gasteiger partial charge in [-0.25, -0.2) is 0 Å². The topological polar surface area (TPSA) is 18.5 Å². The van der Waals surface area contributed by atoms with E-state index in [0.29, 0.717) is 11.8 Å². The summed E-state index contributed by atoms with van der Waals surface area (Å²) in [6, 6.07) is 3.65. The van der Waals surface area contributed by atoms with Gasteiger partial charge in [-0.05, 0) is 61.4 Å². The van der Waals surface area contributed by atoms with Crippen LogP contribution in [-0.4, -0.2) is 29.3 Å². The summed E-state index contributed by atoms with van der Waals surface area (Å²) in [5, 5.41) is 0.197. The molecular weight excluding hydrogens is 364 g/mol. The normalized spacial score (nSPS) is 17.9. The van der Waals surface area contributed by atoms with Gasteiger partial charge in [0.25, 0.3) is 0 Å². The first kappa shape index (κ1) is 26.9. The third-order valence-electron chi connectivity index (χ3n) is 6.93. The average Bonchev–Trinajstić information content (AvgIpc) is 2.59. The number of hydrogen-bond donors (Lipinski definition) is 0. The highest BCUT2D eigenvalue weighted by Gasteiger charge is 2.41. The Morgan fingerprint density at radius 2 is 1.44 bits per heavy atom. The second kappa shape index (κ2) is 11.2. The van der Waals surface area contributed by atoms with Gasteiger partial charge in [0.05, 0.1) is 6.10 Å². The SMILES string of the molecule is C#C[C@H](C)[C@H](O[Si](C)(C)C(C)(C)C)[C@@H](C)C[C@H](C)CO[Si](CC)(CC)CC. The average molecular weight is 413 g/mol. The van der Waals surface area contributed by atoms with Crippen LogP contribution >= 0.6 is 0 Å². The first-order chi connectivity index (χ1) is 12.3. The molecule has 0 aromatic heterocycles. The summed E-state index contributed by atoms with van der Waals surface area (Å²) in [6.07, 6.45) is 7.04. The van der Waals surface area contributed by atoms with Crippen molar-refractivity contribution in [3.63, 3.8) is 0 Å². The molecule has 0 fully saturated rings. The van der Waals surface area contributed by atoms with Crippen LogP contribution in [0.1, 0.15) is 68.7 Å². The Hall–Kier alpha value is -0.0862. The molecule has 0 aromatic carbocycles. The summed E-state index contributed by atoms with van der Waals surface area (Å²) in [5.74, 6) is 4.06. The highest BCUT2D eigenvalue weighted by Crippen LogP contribution is 2.39. The fourth-order valence-electron chi connectivity index (χ4n) is 3.53. The molecule has 0 amide bonds. The van der Waals surface area contributed by atoms with E-state index in [1.807, 2.05) is 0 Å². The lowest BCUT2D eigenvalue weighted by Crippen LogP contribution is -2.47. The molecule has 0 aromatic rings. The Bertz CT molecular complexity index is 450. The van der Waals surface area contributed by atoms with E-state index in [1.165, 1.54) is 18.1 Å². The van der Waals surface area contributed by atoms with Gasteiger partial charge in [0, 0.05) is 12.5 Å². The zero-order valence-electron chi connectivity index (χ0n) is 20.2. The predicted molar refractivity (Wildman–Crippen MR) is 126 cm³/mol. The van der Waals surface area contributed by atoms with Crippen LogP contribution in [0.2, 0.25) is 36.3 Å². The van der Waals surface area contributed by atoms with Crippen LogP contribution in [0.3, 0.4) is 0 Å². The first-order valence-electron chi connectivity index (χ1n) is 11.1. The quantitative estimate of drug-likeness (QED) is 0.247. The van der Waals surface area contributed by atoms with E-state index >= 15 is 0 Å². The molecule has 0 bridgehead atoms. The molecule has 0 unspecified atom stereocenters. The summed E-state index contributed by atoms with van der Waals surface area (Å²) in [5.41, 5.74) is 0. The Labute approximate surface area is 173 Å². The van der Waals surface area contributed by atoms with Crippen molar-refractivity contribution >= 4 is 16.6 Å². The summed E-state index contributed by atoms with van der Waals surface area (Å²) in [7, 11) is -3.35. The molecule has 4 heteroatoms. The maximum Gasteiger partial charge on any atom is 0.192 e. The number of hydrogen-bond acceptors (Lipinski definition) is 2. The minimum Gasteiger partial charge on any atom is -0.417 e. The molecule has 0 aliphatic carbocycles. The highest BCUT2D eigenvalue weighted by molar-refractivity contribution is 6.74. The molecule has 2 nitrogen and oxygen atoms in total. The van der Waals surface area contributed by atoms with E-state index in [4.69, 9.17) is 15.3 Å². The minimum atomic E-state index is -1.85. The molecule has 0 saturated heterocycles. The molecule has 0 aliphatic heterocycles. The zero-order valence-corrected chi connectivity index (χ0v) is 22.2.